The van der Waals surface area contributed by atoms with E-state index in [-0.39, 0.29) is 29.0 Å². The van der Waals surface area contributed by atoms with Crippen LogP contribution in [0.1, 0.15) is 46.0 Å². The minimum Gasteiger partial charge on any atom is -0.479 e. The zero-order valence-electron chi connectivity index (χ0n) is 15.8. The second-order valence-electron chi connectivity index (χ2n) is 9.20. The number of aliphatic hydroxyl groups is 1. The van der Waals surface area contributed by atoms with Crippen molar-refractivity contribution in [1.29, 1.82) is 5.26 Å². The van der Waals surface area contributed by atoms with Gasteiger partial charge in [0.15, 0.2) is 11.4 Å². The van der Waals surface area contributed by atoms with Crippen LogP contribution in [0, 0.1) is 39.9 Å². The van der Waals surface area contributed by atoms with E-state index in [1.165, 1.54) is 0 Å². The molecule has 0 aromatic carbocycles. The van der Waals surface area contributed by atoms with Crippen LogP contribution in [0.3, 0.4) is 0 Å². The van der Waals surface area contributed by atoms with Gasteiger partial charge in [0.05, 0.1) is 11.6 Å². The highest BCUT2D eigenvalue weighted by Crippen LogP contribution is 2.67. The van der Waals surface area contributed by atoms with Gasteiger partial charge in [-0.15, -0.1) is 0 Å². The van der Waals surface area contributed by atoms with E-state index in [0.29, 0.717) is 36.8 Å². The number of rotatable bonds is 1. The highest BCUT2D eigenvalue weighted by Gasteiger charge is 2.68. The van der Waals surface area contributed by atoms with Crippen molar-refractivity contribution >= 4 is 11.8 Å². The SMILES string of the molecule is C=C1C[C@H]2[C@@H]3C=C(C#N)C4=CC(=O)CC[C@]4(C)[C@H]3CC[C@]2(C)[C@@]1(O)C(=O)O. The first-order chi connectivity index (χ1) is 12.6. The molecule has 0 saturated heterocycles. The molecule has 0 aliphatic heterocycles. The Balaban J connectivity index is 1.87. The molecule has 0 radical (unpaired) electrons. The summed E-state index contributed by atoms with van der Waals surface area (Å²) in [4.78, 5) is 24.0. The number of carbonyl (C=O) groups is 2. The van der Waals surface area contributed by atoms with Crippen LogP contribution in [-0.4, -0.2) is 27.6 Å². The number of carboxylic acids is 1. The smallest absolute Gasteiger partial charge is 0.340 e. The molecule has 6 atom stereocenters. The third-order valence-corrected chi connectivity index (χ3v) is 8.24. The summed E-state index contributed by atoms with van der Waals surface area (Å²) in [6.45, 7) is 7.91. The molecule has 5 nitrogen and oxygen atoms in total. The Morgan fingerprint density at radius 3 is 2.67 bits per heavy atom. The van der Waals surface area contributed by atoms with Gasteiger partial charge in [0.25, 0.3) is 0 Å². The molecule has 2 fully saturated rings. The average Bonchev–Trinajstić information content (AvgIpc) is 2.83. The molecule has 0 spiro atoms. The minimum absolute atomic E-state index is 0.00104. The zero-order chi connectivity index (χ0) is 19.8. The lowest BCUT2D eigenvalue weighted by atomic mass is 9.47. The Bertz CT molecular complexity index is 877. The van der Waals surface area contributed by atoms with E-state index in [2.05, 4.69) is 19.6 Å². The van der Waals surface area contributed by atoms with Crippen LogP contribution in [0.2, 0.25) is 0 Å². The minimum atomic E-state index is -1.93. The summed E-state index contributed by atoms with van der Waals surface area (Å²) < 4.78 is 0. The van der Waals surface area contributed by atoms with Gasteiger partial charge >= 0.3 is 5.97 Å². The molecule has 0 heterocycles. The first-order valence-electron chi connectivity index (χ1n) is 9.61. The summed E-state index contributed by atoms with van der Waals surface area (Å²) in [6.07, 6.45) is 6.58. The normalized spacial score (nSPS) is 45.8. The predicted molar refractivity (Wildman–Crippen MR) is 98.3 cm³/mol. The number of carboxylic acid groups (broad SMARTS) is 1. The third-order valence-electron chi connectivity index (χ3n) is 8.24. The number of hydrogen-bond donors (Lipinski definition) is 2. The highest BCUT2D eigenvalue weighted by molar-refractivity contribution is 5.93. The van der Waals surface area contributed by atoms with E-state index >= 15 is 0 Å². The van der Waals surface area contributed by atoms with Crippen LogP contribution >= 0.6 is 0 Å². The topological polar surface area (TPSA) is 98.4 Å². The largest absolute Gasteiger partial charge is 0.479 e. The summed E-state index contributed by atoms with van der Waals surface area (Å²) in [5.74, 6) is -1.01. The van der Waals surface area contributed by atoms with Crippen molar-refractivity contribution in [2.75, 3.05) is 0 Å². The maximum absolute atomic E-state index is 12.0. The van der Waals surface area contributed by atoms with Crippen molar-refractivity contribution in [3.8, 4) is 6.07 Å². The molecule has 0 unspecified atom stereocenters. The molecule has 2 N–H and O–H groups in total. The summed E-state index contributed by atoms with van der Waals surface area (Å²) in [5, 5.41) is 30.6. The molecule has 0 aromatic rings. The molecule has 5 heteroatoms. The molecule has 0 bridgehead atoms. The molecular formula is C22H25NO4. The van der Waals surface area contributed by atoms with Gasteiger partial charge < -0.3 is 10.2 Å². The van der Waals surface area contributed by atoms with Crippen molar-refractivity contribution in [1.82, 2.24) is 0 Å². The third kappa shape index (κ3) is 2.02. The summed E-state index contributed by atoms with van der Waals surface area (Å²) in [5.41, 5.74) is -1.26. The van der Waals surface area contributed by atoms with Gasteiger partial charge in [-0.3, -0.25) is 4.79 Å². The highest BCUT2D eigenvalue weighted by atomic mass is 16.4. The number of ketones is 1. The first kappa shape index (κ1) is 18.2. The number of allylic oxidation sites excluding steroid dienone is 4. The maximum atomic E-state index is 12.0. The number of carbonyl (C=O) groups excluding carboxylic acids is 1. The van der Waals surface area contributed by atoms with Crippen molar-refractivity contribution in [2.45, 2.75) is 51.6 Å². The van der Waals surface area contributed by atoms with E-state index in [4.69, 9.17) is 0 Å². The average molecular weight is 367 g/mol. The lowest BCUT2D eigenvalue weighted by Gasteiger charge is -2.56. The Hall–Kier alpha value is -2.19. The fourth-order valence-corrected chi connectivity index (χ4v) is 6.60. The summed E-state index contributed by atoms with van der Waals surface area (Å²) in [7, 11) is 0. The van der Waals surface area contributed by atoms with Crippen LogP contribution < -0.4 is 0 Å². The lowest BCUT2D eigenvalue weighted by Crippen LogP contribution is -2.57. The second-order valence-corrected chi connectivity index (χ2v) is 9.20. The Labute approximate surface area is 159 Å². The molecular weight excluding hydrogens is 342 g/mol. The van der Waals surface area contributed by atoms with E-state index in [0.717, 1.165) is 12.0 Å². The monoisotopic (exact) mass is 367 g/mol. The fourth-order valence-electron chi connectivity index (χ4n) is 6.60. The Morgan fingerprint density at radius 1 is 1.33 bits per heavy atom. The van der Waals surface area contributed by atoms with Gasteiger partial charge in [-0.1, -0.05) is 26.5 Å². The summed E-state index contributed by atoms with van der Waals surface area (Å²) in [6, 6.07) is 2.27. The molecule has 4 aliphatic rings. The lowest BCUT2D eigenvalue weighted by molar-refractivity contribution is -0.173. The van der Waals surface area contributed by atoms with Gasteiger partial charge in [-0.2, -0.15) is 5.26 Å². The van der Waals surface area contributed by atoms with E-state index < -0.39 is 17.0 Å². The number of nitriles is 1. The van der Waals surface area contributed by atoms with Crippen molar-refractivity contribution in [3.63, 3.8) is 0 Å². The van der Waals surface area contributed by atoms with Crippen molar-refractivity contribution in [3.05, 3.63) is 35.5 Å². The molecule has 142 valence electrons. The van der Waals surface area contributed by atoms with Crippen LogP contribution in [0.25, 0.3) is 0 Å². The van der Waals surface area contributed by atoms with Crippen LogP contribution in [0.4, 0.5) is 0 Å². The van der Waals surface area contributed by atoms with Gasteiger partial charge in [0.1, 0.15) is 0 Å². The maximum Gasteiger partial charge on any atom is 0.340 e. The van der Waals surface area contributed by atoms with Crippen LogP contribution in [-0.2, 0) is 9.59 Å². The second kappa shape index (κ2) is 5.42. The number of hydrogen-bond acceptors (Lipinski definition) is 4. The standard InChI is InChI=1S/C22H25NO4/c1-12-8-18-15-9-13(11-23)17-10-14(24)4-6-20(17,2)16(15)5-7-21(18,3)22(12,27)19(25)26/h9-10,15-16,18,27H,1,4-8H2,2-3H3,(H,25,26)/t15-,16+,18+,20-,21+,22+/m1/s1. The molecule has 2 saturated carbocycles. The molecule has 0 aromatic heterocycles. The number of aliphatic carboxylic acids is 1. The number of nitrogens with zero attached hydrogens (tertiary/aromatic N) is 1. The fraction of sp³-hybridized carbons (Fsp3) is 0.591. The Kier molecular flexibility index (Phi) is 3.65. The summed E-state index contributed by atoms with van der Waals surface area (Å²) >= 11 is 0. The number of fused-ring (bicyclic) bond motifs is 5. The van der Waals surface area contributed by atoms with Crippen LogP contribution in [0.5, 0.6) is 0 Å². The van der Waals surface area contributed by atoms with Crippen molar-refractivity contribution < 1.29 is 19.8 Å². The molecule has 4 rings (SSSR count). The quantitative estimate of drug-likeness (QED) is 0.694. The zero-order valence-corrected chi connectivity index (χ0v) is 15.8. The van der Waals surface area contributed by atoms with Gasteiger partial charge in [-0.05, 0) is 66.1 Å². The van der Waals surface area contributed by atoms with Gasteiger partial charge in [-0.25, -0.2) is 4.79 Å². The van der Waals surface area contributed by atoms with Gasteiger partial charge in [0.2, 0.25) is 0 Å². The molecule has 0 amide bonds. The van der Waals surface area contributed by atoms with Crippen LogP contribution in [0.15, 0.2) is 35.5 Å². The van der Waals surface area contributed by atoms with Crippen molar-refractivity contribution in [2.24, 2.45) is 28.6 Å². The predicted octanol–water partition coefficient (Wildman–Crippen LogP) is 3.17. The van der Waals surface area contributed by atoms with Gasteiger partial charge in [0, 0.05) is 11.8 Å². The molecule has 4 aliphatic carbocycles. The van der Waals surface area contributed by atoms with E-state index in [9.17, 15) is 25.1 Å². The first-order valence-corrected chi connectivity index (χ1v) is 9.61. The van der Waals surface area contributed by atoms with E-state index in [1.54, 1.807) is 6.08 Å². The molecule has 27 heavy (non-hydrogen) atoms. The van der Waals surface area contributed by atoms with E-state index in [1.807, 2.05) is 13.0 Å². The Morgan fingerprint density at radius 2 is 2.04 bits per heavy atom.